The highest BCUT2D eigenvalue weighted by Gasteiger charge is 2.50. The zero-order chi connectivity index (χ0) is 21.4. The van der Waals surface area contributed by atoms with E-state index in [-0.39, 0.29) is 5.91 Å². The molecular weight excluding hydrogens is 388 g/mol. The van der Waals surface area contributed by atoms with Crippen molar-refractivity contribution < 1.29 is 14.1 Å². The molecule has 1 N–H and O–H groups in total. The van der Waals surface area contributed by atoms with Gasteiger partial charge in [-0.05, 0) is 99.7 Å². The third-order valence-corrected chi connectivity index (χ3v) is 7.99. The van der Waals surface area contributed by atoms with Gasteiger partial charge in [-0.15, -0.1) is 0 Å². The molecule has 0 saturated heterocycles. The Labute approximate surface area is 184 Å². The average Bonchev–Trinajstić information content (AvgIpc) is 3.04. The van der Waals surface area contributed by atoms with Crippen LogP contribution < -0.4 is 10.1 Å². The number of hydrogen-bond acceptors (Lipinski definition) is 4. The molecule has 4 aliphatic carbocycles. The van der Waals surface area contributed by atoms with Crippen LogP contribution in [0.15, 0.2) is 28.8 Å². The highest BCUT2D eigenvalue weighted by molar-refractivity contribution is 5.78. The van der Waals surface area contributed by atoms with E-state index in [1.807, 2.05) is 38.1 Å². The van der Waals surface area contributed by atoms with Crippen molar-refractivity contribution in [3.05, 3.63) is 46.8 Å². The van der Waals surface area contributed by atoms with Gasteiger partial charge in [0.05, 0.1) is 17.7 Å². The number of nitrogens with one attached hydrogen (secondary N) is 1. The van der Waals surface area contributed by atoms with Crippen molar-refractivity contribution in [3.8, 4) is 5.75 Å². The van der Waals surface area contributed by atoms with Crippen molar-refractivity contribution in [3.63, 3.8) is 0 Å². The first-order chi connectivity index (χ1) is 15.0. The maximum atomic E-state index is 12.5. The molecule has 0 radical (unpaired) electrons. The Morgan fingerprint density at radius 3 is 2.32 bits per heavy atom. The summed E-state index contributed by atoms with van der Waals surface area (Å²) < 4.78 is 11.0. The molecule has 4 fully saturated rings. The quantitative estimate of drug-likeness (QED) is 0.640. The first kappa shape index (κ1) is 20.6. The van der Waals surface area contributed by atoms with Crippen LogP contribution in [0.1, 0.15) is 67.5 Å². The molecule has 31 heavy (non-hydrogen) atoms. The van der Waals surface area contributed by atoms with Crippen LogP contribution in [0.2, 0.25) is 0 Å². The lowest BCUT2D eigenvalue weighted by atomic mass is 9.49. The number of amides is 1. The van der Waals surface area contributed by atoms with Crippen LogP contribution in [0, 0.1) is 37.0 Å². The van der Waals surface area contributed by atoms with Gasteiger partial charge in [-0.1, -0.05) is 17.3 Å². The molecule has 6 rings (SSSR count). The predicted octanol–water partition coefficient (Wildman–Crippen LogP) is 5.14. The number of aromatic nitrogens is 1. The lowest BCUT2D eigenvalue weighted by Crippen LogP contribution is -2.47. The van der Waals surface area contributed by atoms with E-state index in [1.165, 1.54) is 38.5 Å². The zero-order valence-corrected chi connectivity index (χ0v) is 18.8. The van der Waals surface area contributed by atoms with Crippen molar-refractivity contribution in [1.29, 1.82) is 0 Å². The molecule has 4 bridgehead atoms. The minimum atomic E-state index is 0.120. The molecule has 0 spiro atoms. The summed E-state index contributed by atoms with van der Waals surface area (Å²) in [6, 6.07) is 7.80. The van der Waals surface area contributed by atoms with Crippen LogP contribution in [-0.2, 0) is 17.8 Å². The van der Waals surface area contributed by atoms with Crippen LogP contribution in [0.25, 0.3) is 0 Å². The summed E-state index contributed by atoms with van der Waals surface area (Å²) in [6.07, 6.45) is 10.2. The fourth-order valence-corrected chi connectivity index (χ4v) is 6.88. The number of carbonyl (C=O) groups is 1. The molecular formula is C26H34N2O3. The second-order valence-corrected chi connectivity index (χ2v) is 10.4. The highest BCUT2D eigenvalue weighted by Crippen LogP contribution is 2.61. The Morgan fingerprint density at radius 2 is 1.74 bits per heavy atom. The van der Waals surface area contributed by atoms with E-state index < -0.39 is 0 Å². The lowest BCUT2D eigenvalue weighted by Gasteiger charge is -2.57. The van der Waals surface area contributed by atoms with E-state index in [9.17, 15) is 4.79 Å². The number of ether oxygens (including phenoxy) is 1. The normalized spacial score (nSPS) is 28.6. The van der Waals surface area contributed by atoms with Crippen LogP contribution in [0.4, 0.5) is 0 Å². The van der Waals surface area contributed by atoms with E-state index in [1.54, 1.807) is 0 Å². The van der Waals surface area contributed by atoms with Gasteiger partial charge in [0.1, 0.15) is 18.1 Å². The maximum absolute atomic E-state index is 12.5. The number of carbonyl (C=O) groups excluding carboxylic acids is 1. The van der Waals surface area contributed by atoms with Crippen molar-refractivity contribution >= 4 is 5.91 Å². The molecule has 1 aromatic heterocycles. The van der Waals surface area contributed by atoms with Gasteiger partial charge in [0.15, 0.2) is 0 Å². The number of nitrogens with zero attached hydrogens (tertiary/aromatic N) is 1. The molecule has 5 heteroatoms. The molecule has 166 valence electrons. The topological polar surface area (TPSA) is 64.4 Å². The SMILES string of the molecule is Cc1noc(C)c1COc1ccc(CC(=O)NCCC23CC4CC(CC(C4)C2)C3)cc1. The Morgan fingerprint density at radius 1 is 1.10 bits per heavy atom. The third-order valence-electron chi connectivity index (χ3n) is 7.99. The summed E-state index contributed by atoms with van der Waals surface area (Å²) in [5, 5.41) is 7.14. The highest BCUT2D eigenvalue weighted by atomic mass is 16.5. The molecule has 0 atom stereocenters. The van der Waals surface area contributed by atoms with Crippen LogP contribution in [0.3, 0.4) is 0 Å². The van der Waals surface area contributed by atoms with Crippen molar-refractivity contribution in [2.45, 2.75) is 71.8 Å². The van der Waals surface area contributed by atoms with E-state index in [0.717, 1.165) is 59.0 Å². The molecule has 0 unspecified atom stereocenters. The molecule has 1 aromatic carbocycles. The monoisotopic (exact) mass is 422 g/mol. The molecule has 1 heterocycles. The van der Waals surface area contributed by atoms with Gasteiger partial charge in [0.25, 0.3) is 0 Å². The minimum absolute atomic E-state index is 0.120. The summed E-state index contributed by atoms with van der Waals surface area (Å²) in [5.74, 6) is 4.61. The first-order valence-corrected chi connectivity index (χ1v) is 11.9. The molecule has 0 aliphatic heterocycles. The fraction of sp³-hybridized carbons (Fsp3) is 0.615. The smallest absolute Gasteiger partial charge is 0.224 e. The van der Waals surface area contributed by atoms with Crippen LogP contribution in [0.5, 0.6) is 5.75 Å². The van der Waals surface area contributed by atoms with Gasteiger partial charge in [-0.25, -0.2) is 0 Å². The summed E-state index contributed by atoms with van der Waals surface area (Å²) >= 11 is 0. The van der Waals surface area contributed by atoms with Gasteiger partial charge in [0, 0.05) is 6.54 Å². The van der Waals surface area contributed by atoms with Gasteiger partial charge < -0.3 is 14.6 Å². The molecule has 4 saturated carbocycles. The second-order valence-electron chi connectivity index (χ2n) is 10.4. The summed E-state index contributed by atoms with van der Waals surface area (Å²) in [5.41, 5.74) is 3.39. The van der Waals surface area contributed by atoms with E-state index in [0.29, 0.717) is 18.4 Å². The van der Waals surface area contributed by atoms with Crippen molar-refractivity contribution in [2.75, 3.05) is 6.54 Å². The lowest BCUT2D eigenvalue weighted by molar-refractivity contribution is -0.120. The largest absolute Gasteiger partial charge is 0.489 e. The summed E-state index contributed by atoms with van der Waals surface area (Å²) in [7, 11) is 0. The number of hydrogen-bond donors (Lipinski definition) is 1. The van der Waals surface area contributed by atoms with Crippen molar-refractivity contribution in [2.24, 2.45) is 23.2 Å². The Balaban J connectivity index is 1.07. The number of benzene rings is 1. The second kappa shape index (κ2) is 8.33. The van der Waals surface area contributed by atoms with Gasteiger partial charge in [0.2, 0.25) is 5.91 Å². The maximum Gasteiger partial charge on any atom is 0.224 e. The Kier molecular flexibility index (Phi) is 5.53. The Hall–Kier alpha value is -2.30. The van der Waals surface area contributed by atoms with Crippen molar-refractivity contribution in [1.82, 2.24) is 10.5 Å². The fourth-order valence-electron chi connectivity index (χ4n) is 6.88. The molecule has 2 aromatic rings. The van der Waals surface area contributed by atoms with E-state index in [4.69, 9.17) is 9.26 Å². The van der Waals surface area contributed by atoms with Gasteiger partial charge in [-0.2, -0.15) is 0 Å². The van der Waals surface area contributed by atoms with Gasteiger partial charge in [-0.3, -0.25) is 4.79 Å². The standard InChI is InChI=1S/C26H34N2O3/c1-17-24(18(2)31-28-17)16-30-23-5-3-19(4-6-23)12-25(29)27-8-7-26-13-20-9-21(14-26)11-22(10-20)15-26/h3-6,20-22H,7-16H2,1-2H3,(H,27,29). The van der Waals surface area contributed by atoms with Gasteiger partial charge >= 0.3 is 0 Å². The number of rotatable bonds is 8. The molecule has 5 nitrogen and oxygen atoms in total. The third kappa shape index (κ3) is 4.51. The van der Waals surface area contributed by atoms with Crippen LogP contribution in [-0.4, -0.2) is 17.6 Å². The Bertz CT molecular complexity index is 876. The minimum Gasteiger partial charge on any atom is -0.489 e. The summed E-state index contributed by atoms with van der Waals surface area (Å²) in [6.45, 7) is 5.07. The van der Waals surface area contributed by atoms with Crippen LogP contribution >= 0.6 is 0 Å². The molecule has 4 aliphatic rings. The zero-order valence-electron chi connectivity index (χ0n) is 18.8. The number of aryl methyl sites for hydroxylation is 2. The van der Waals surface area contributed by atoms with E-state index >= 15 is 0 Å². The predicted molar refractivity (Wildman–Crippen MR) is 119 cm³/mol. The average molecular weight is 423 g/mol. The first-order valence-electron chi connectivity index (χ1n) is 11.9. The molecule has 1 amide bonds. The van der Waals surface area contributed by atoms with E-state index in [2.05, 4.69) is 10.5 Å². The summed E-state index contributed by atoms with van der Waals surface area (Å²) in [4.78, 5) is 12.5.